The summed E-state index contributed by atoms with van der Waals surface area (Å²) in [6, 6.07) is 8.35. The van der Waals surface area contributed by atoms with Crippen molar-refractivity contribution in [2.45, 2.75) is 6.61 Å². The standard InChI is InChI=1S/C15H11ClF2N2O4/c16-10-5-8(1-3-11(10)24-14(17)18)19-15(21)20-9-2-4-12-13(6-9)23-7-22-12/h1-6,14H,7H2,(H2,19,20,21). The molecule has 2 N–H and O–H groups in total. The van der Waals surface area contributed by atoms with Gasteiger partial charge in [0.15, 0.2) is 11.5 Å². The highest BCUT2D eigenvalue weighted by molar-refractivity contribution is 6.32. The Bertz CT molecular complexity index is 773. The van der Waals surface area contributed by atoms with Gasteiger partial charge in [-0.15, -0.1) is 0 Å². The quantitative estimate of drug-likeness (QED) is 0.856. The van der Waals surface area contributed by atoms with Crippen LogP contribution in [0.4, 0.5) is 25.0 Å². The molecule has 24 heavy (non-hydrogen) atoms. The Morgan fingerprint density at radius 3 is 2.46 bits per heavy atom. The maximum Gasteiger partial charge on any atom is 0.387 e. The number of hydrogen-bond acceptors (Lipinski definition) is 4. The third kappa shape index (κ3) is 3.77. The normalized spacial score (nSPS) is 12.2. The van der Waals surface area contributed by atoms with Crippen LogP contribution in [0.25, 0.3) is 0 Å². The summed E-state index contributed by atoms with van der Waals surface area (Å²) in [5.74, 6) is 0.958. The van der Waals surface area contributed by atoms with Crippen molar-refractivity contribution in [3.63, 3.8) is 0 Å². The fourth-order valence-electron chi connectivity index (χ4n) is 2.04. The Morgan fingerprint density at radius 1 is 1.08 bits per heavy atom. The maximum absolute atomic E-state index is 12.2. The number of nitrogens with one attached hydrogen (secondary N) is 2. The second-order valence-corrected chi connectivity index (χ2v) is 5.08. The summed E-state index contributed by atoms with van der Waals surface area (Å²) >= 11 is 5.82. The molecule has 0 atom stereocenters. The first-order valence-electron chi connectivity index (χ1n) is 6.73. The van der Waals surface area contributed by atoms with E-state index in [1.54, 1.807) is 18.2 Å². The minimum Gasteiger partial charge on any atom is -0.454 e. The Morgan fingerprint density at radius 2 is 1.75 bits per heavy atom. The van der Waals surface area contributed by atoms with Gasteiger partial charge < -0.3 is 24.8 Å². The van der Waals surface area contributed by atoms with Crippen LogP contribution in [-0.2, 0) is 0 Å². The summed E-state index contributed by atoms with van der Waals surface area (Å²) in [6.07, 6.45) is 0. The lowest BCUT2D eigenvalue weighted by Gasteiger charge is -2.10. The van der Waals surface area contributed by atoms with Gasteiger partial charge in [-0.25, -0.2) is 4.79 Å². The predicted octanol–water partition coefficient (Wildman–Crippen LogP) is 4.31. The van der Waals surface area contributed by atoms with Gasteiger partial charge in [-0.05, 0) is 30.3 Å². The minimum absolute atomic E-state index is 0.0452. The van der Waals surface area contributed by atoms with Gasteiger partial charge in [0, 0.05) is 17.4 Å². The summed E-state index contributed by atoms with van der Waals surface area (Å²) in [7, 11) is 0. The highest BCUT2D eigenvalue weighted by atomic mass is 35.5. The zero-order chi connectivity index (χ0) is 17.1. The summed E-state index contributed by atoms with van der Waals surface area (Å²) in [4.78, 5) is 12.0. The molecule has 2 aromatic rings. The van der Waals surface area contributed by atoms with Crippen molar-refractivity contribution < 1.29 is 27.8 Å². The molecule has 0 saturated carbocycles. The van der Waals surface area contributed by atoms with Gasteiger partial charge in [0.05, 0.1) is 5.02 Å². The molecule has 9 heteroatoms. The number of urea groups is 1. The molecule has 6 nitrogen and oxygen atoms in total. The molecule has 0 aliphatic carbocycles. The first kappa shape index (κ1) is 16.1. The number of benzene rings is 2. The van der Waals surface area contributed by atoms with Crippen LogP contribution in [0.3, 0.4) is 0 Å². The van der Waals surface area contributed by atoms with Gasteiger partial charge in [0.1, 0.15) is 5.75 Å². The largest absolute Gasteiger partial charge is 0.454 e. The monoisotopic (exact) mass is 356 g/mol. The molecule has 1 heterocycles. The van der Waals surface area contributed by atoms with Crippen molar-refractivity contribution in [2.75, 3.05) is 17.4 Å². The molecular weight excluding hydrogens is 346 g/mol. The van der Waals surface area contributed by atoms with E-state index in [1.807, 2.05) is 0 Å². The van der Waals surface area contributed by atoms with Crippen molar-refractivity contribution in [3.05, 3.63) is 41.4 Å². The van der Waals surface area contributed by atoms with Gasteiger partial charge >= 0.3 is 12.6 Å². The van der Waals surface area contributed by atoms with Crippen LogP contribution in [0.15, 0.2) is 36.4 Å². The second kappa shape index (κ2) is 6.79. The Kier molecular flexibility index (Phi) is 4.57. The smallest absolute Gasteiger partial charge is 0.387 e. The van der Waals surface area contributed by atoms with E-state index in [1.165, 1.54) is 18.2 Å². The van der Waals surface area contributed by atoms with Crippen LogP contribution in [0.2, 0.25) is 5.02 Å². The van der Waals surface area contributed by atoms with E-state index in [2.05, 4.69) is 15.4 Å². The number of carbonyl (C=O) groups excluding carboxylic acids is 1. The number of hydrogen-bond donors (Lipinski definition) is 2. The fourth-order valence-corrected chi connectivity index (χ4v) is 2.26. The SMILES string of the molecule is O=C(Nc1ccc(OC(F)F)c(Cl)c1)Nc1ccc2c(c1)OCO2. The number of halogens is 3. The lowest BCUT2D eigenvalue weighted by molar-refractivity contribution is -0.0497. The summed E-state index contributed by atoms with van der Waals surface area (Å²) in [5, 5.41) is 5.09. The third-order valence-electron chi connectivity index (χ3n) is 3.04. The van der Waals surface area contributed by atoms with Crippen molar-refractivity contribution in [1.29, 1.82) is 0 Å². The summed E-state index contributed by atoms with van der Waals surface area (Å²) in [5.41, 5.74) is 0.820. The molecular formula is C15H11ClF2N2O4. The molecule has 2 amide bonds. The molecule has 0 saturated heterocycles. The average molecular weight is 357 g/mol. The van der Waals surface area contributed by atoms with E-state index in [0.29, 0.717) is 22.9 Å². The first-order valence-corrected chi connectivity index (χ1v) is 7.11. The Hall–Kier alpha value is -2.74. The highest BCUT2D eigenvalue weighted by Gasteiger charge is 2.14. The lowest BCUT2D eigenvalue weighted by Crippen LogP contribution is -2.19. The van der Waals surface area contributed by atoms with E-state index in [4.69, 9.17) is 21.1 Å². The number of fused-ring (bicyclic) bond motifs is 1. The molecule has 2 aromatic carbocycles. The number of amides is 2. The molecule has 3 rings (SSSR count). The Labute approximate surface area is 140 Å². The molecule has 0 fully saturated rings. The zero-order valence-electron chi connectivity index (χ0n) is 12.0. The van der Waals surface area contributed by atoms with E-state index < -0.39 is 12.6 Å². The molecule has 126 valence electrons. The number of carbonyl (C=O) groups is 1. The summed E-state index contributed by atoms with van der Waals surface area (Å²) in [6.45, 7) is -2.84. The van der Waals surface area contributed by atoms with Crippen molar-refractivity contribution >= 4 is 29.0 Å². The fraction of sp³-hybridized carbons (Fsp3) is 0.133. The van der Waals surface area contributed by atoms with Crippen LogP contribution >= 0.6 is 11.6 Å². The lowest BCUT2D eigenvalue weighted by atomic mass is 10.3. The van der Waals surface area contributed by atoms with Crippen LogP contribution < -0.4 is 24.8 Å². The molecule has 1 aliphatic rings. The molecule has 1 aliphatic heterocycles. The van der Waals surface area contributed by atoms with Gasteiger partial charge in [0.2, 0.25) is 6.79 Å². The number of anilines is 2. The molecule has 0 spiro atoms. The molecule has 0 aromatic heterocycles. The van der Waals surface area contributed by atoms with Crippen molar-refractivity contribution in [3.8, 4) is 17.2 Å². The van der Waals surface area contributed by atoms with Crippen LogP contribution in [0.1, 0.15) is 0 Å². The zero-order valence-corrected chi connectivity index (χ0v) is 12.8. The highest BCUT2D eigenvalue weighted by Crippen LogP contribution is 2.34. The van der Waals surface area contributed by atoms with Gasteiger partial charge in [0.25, 0.3) is 0 Å². The first-order chi connectivity index (χ1) is 11.5. The molecule has 0 radical (unpaired) electrons. The van der Waals surface area contributed by atoms with Crippen molar-refractivity contribution in [2.24, 2.45) is 0 Å². The van der Waals surface area contributed by atoms with E-state index in [0.717, 1.165) is 0 Å². The Balaban J connectivity index is 1.63. The maximum atomic E-state index is 12.2. The van der Waals surface area contributed by atoms with Gasteiger partial charge in [-0.3, -0.25) is 0 Å². The second-order valence-electron chi connectivity index (χ2n) is 4.67. The average Bonchev–Trinajstić information content (AvgIpc) is 2.97. The third-order valence-corrected chi connectivity index (χ3v) is 3.33. The number of ether oxygens (including phenoxy) is 3. The van der Waals surface area contributed by atoms with Gasteiger partial charge in [-0.2, -0.15) is 8.78 Å². The van der Waals surface area contributed by atoms with E-state index in [-0.39, 0.29) is 17.6 Å². The van der Waals surface area contributed by atoms with Crippen molar-refractivity contribution in [1.82, 2.24) is 0 Å². The molecule has 0 unspecified atom stereocenters. The van der Waals surface area contributed by atoms with Crippen LogP contribution in [-0.4, -0.2) is 19.4 Å². The van der Waals surface area contributed by atoms with E-state index >= 15 is 0 Å². The number of rotatable bonds is 4. The van der Waals surface area contributed by atoms with Crippen LogP contribution in [0, 0.1) is 0 Å². The van der Waals surface area contributed by atoms with Gasteiger partial charge in [-0.1, -0.05) is 11.6 Å². The predicted molar refractivity (Wildman–Crippen MR) is 83.3 cm³/mol. The number of alkyl halides is 2. The topological polar surface area (TPSA) is 68.8 Å². The van der Waals surface area contributed by atoms with Crippen LogP contribution in [0.5, 0.6) is 17.2 Å². The van der Waals surface area contributed by atoms with E-state index in [9.17, 15) is 13.6 Å². The molecule has 0 bridgehead atoms. The summed E-state index contributed by atoms with van der Waals surface area (Å²) < 4.78 is 38.9. The minimum atomic E-state index is -2.98.